The summed E-state index contributed by atoms with van der Waals surface area (Å²) >= 11 is 0. The van der Waals surface area contributed by atoms with E-state index >= 15 is 0 Å². The Kier molecular flexibility index (Phi) is 6.34. The molecule has 4 rings (SSSR count). The summed E-state index contributed by atoms with van der Waals surface area (Å²) in [6.45, 7) is -0.887. The first-order valence-corrected chi connectivity index (χ1v) is 10.8. The molecule has 8 nitrogen and oxygen atoms in total. The van der Waals surface area contributed by atoms with Crippen molar-refractivity contribution in [1.82, 2.24) is 9.80 Å². The number of nitriles is 1. The molecule has 2 heterocycles. The molecule has 2 aliphatic rings. The SMILES string of the molecule is COC(=O)N1CC[C@]2(C1)C(=O)N(c1ccc(C#N)cc1F)CC(=O)N2Cc1ccc(C(F)(F)F)cc1. The first-order chi connectivity index (χ1) is 17.0. The Hall–Kier alpha value is -4.14. The molecule has 3 amide bonds. The highest BCUT2D eigenvalue weighted by Crippen LogP contribution is 2.38. The Morgan fingerprint density at radius 3 is 2.44 bits per heavy atom. The van der Waals surface area contributed by atoms with Gasteiger partial charge in [-0.3, -0.25) is 14.5 Å². The van der Waals surface area contributed by atoms with Crippen LogP contribution in [0.3, 0.4) is 0 Å². The van der Waals surface area contributed by atoms with Gasteiger partial charge in [0.1, 0.15) is 17.9 Å². The van der Waals surface area contributed by atoms with Crippen LogP contribution in [-0.4, -0.2) is 60.0 Å². The molecule has 2 saturated heterocycles. The minimum absolute atomic E-state index is 0.0156. The minimum Gasteiger partial charge on any atom is -0.453 e. The number of amides is 3. The van der Waals surface area contributed by atoms with E-state index in [4.69, 9.17) is 10.00 Å². The average Bonchev–Trinajstić information content (AvgIpc) is 3.30. The van der Waals surface area contributed by atoms with Gasteiger partial charge >= 0.3 is 12.3 Å². The molecule has 2 aromatic carbocycles. The number of rotatable bonds is 3. The molecule has 0 bridgehead atoms. The van der Waals surface area contributed by atoms with Crippen molar-refractivity contribution < 1.29 is 36.7 Å². The summed E-state index contributed by atoms with van der Waals surface area (Å²) in [5, 5.41) is 9.00. The number of ether oxygens (including phenoxy) is 1. The molecule has 12 heteroatoms. The lowest BCUT2D eigenvalue weighted by atomic mass is 9.89. The largest absolute Gasteiger partial charge is 0.453 e. The molecule has 0 saturated carbocycles. The van der Waals surface area contributed by atoms with Crippen LogP contribution in [0.25, 0.3) is 0 Å². The van der Waals surface area contributed by atoms with Crippen molar-refractivity contribution >= 4 is 23.6 Å². The number of halogens is 4. The van der Waals surface area contributed by atoms with Crippen LogP contribution in [0.4, 0.5) is 28.0 Å². The number of hydrogen-bond acceptors (Lipinski definition) is 5. The Balaban J connectivity index is 1.71. The minimum atomic E-state index is -4.53. The van der Waals surface area contributed by atoms with Crippen LogP contribution in [0.5, 0.6) is 0 Å². The first kappa shape index (κ1) is 25.0. The van der Waals surface area contributed by atoms with Gasteiger partial charge in [-0.05, 0) is 42.3 Å². The van der Waals surface area contributed by atoms with Crippen molar-refractivity contribution in [3.8, 4) is 6.07 Å². The lowest BCUT2D eigenvalue weighted by molar-refractivity contribution is -0.151. The van der Waals surface area contributed by atoms with E-state index in [1.165, 1.54) is 41.2 Å². The zero-order valence-electron chi connectivity index (χ0n) is 19.0. The number of likely N-dealkylation sites (tertiary alicyclic amines) is 1. The van der Waals surface area contributed by atoms with Crippen molar-refractivity contribution in [2.45, 2.75) is 24.7 Å². The summed E-state index contributed by atoms with van der Waals surface area (Å²) in [4.78, 5) is 42.8. The number of nitrogens with zero attached hydrogens (tertiary/aromatic N) is 4. The molecule has 36 heavy (non-hydrogen) atoms. The maximum Gasteiger partial charge on any atom is 0.416 e. The molecule has 2 aliphatic heterocycles. The second-order valence-corrected chi connectivity index (χ2v) is 8.52. The number of hydrogen-bond donors (Lipinski definition) is 0. The molecule has 1 spiro atoms. The second kappa shape index (κ2) is 9.14. The van der Waals surface area contributed by atoms with Gasteiger partial charge in [0, 0.05) is 13.1 Å². The zero-order valence-corrected chi connectivity index (χ0v) is 19.0. The van der Waals surface area contributed by atoms with Gasteiger partial charge in [-0.2, -0.15) is 18.4 Å². The van der Waals surface area contributed by atoms with Crippen LogP contribution in [-0.2, 0) is 27.0 Å². The molecule has 0 aliphatic carbocycles. The number of alkyl halides is 3. The smallest absolute Gasteiger partial charge is 0.416 e. The Labute approximate surface area is 203 Å². The molecule has 2 fully saturated rings. The van der Waals surface area contributed by atoms with E-state index in [-0.39, 0.29) is 37.3 Å². The van der Waals surface area contributed by atoms with Crippen molar-refractivity contribution in [2.24, 2.45) is 0 Å². The van der Waals surface area contributed by atoms with Crippen LogP contribution >= 0.6 is 0 Å². The van der Waals surface area contributed by atoms with Crippen LogP contribution in [0.15, 0.2) is 42.5 Å². The quantitative estimate of drug-likeness (QED) is 0.598. The summed E-state index contributed by atoms with van der Waals surface area (Å²) in [5.74, 6) is -2.10. The van der Waals surface area contributed by atoms with Crippen molar-refractivity contribution in [3.63, 3.8) is 0 Å². The van der Waals surface area contributed by atoms with E-state index < -0.39 is 47.5 Å². The van der Waals surface area contributed by atoms with Gasteiger partial charge in [-0.25, -0.2) is 9.18 Å². The third kappa shape index (κ3) is 4.32. The van der Waals surface area contributed by atoms with Gasteiger partial charge in [-0.1, -0.05) is 12.1 Å². The Morgan fingerprint density at radius 2 is 1.86 bits per heavy atom. The fourth-order valence-electron chi connectivity index (χ4n) is 4.58. The predicted octanol–water partition coefficient (Wildman–Crippen LogP) is 3.30. The molecular formula is C24H20F4N4O4. The highest BCUT2D eigenvalue weighted by molar-refractivity contribution is 6.09. The van der Waals surface area contributed by atoms with Gasteiger partial charge in [0.15, 0.2) is 0 Å². The van der Waals surface area contributed by atoms with Gasteiger partial charge in [0.25, 0.3) is 5.91 Å². The number of carbonyl (C=O) groups excluding carboxylic acids is 3. The normalized spacial score (nSPS) is 20.2. The Bertz CT molecular complexity index is 1260. The highest BCUT2D eigenvalue weighted by atomic mass is 19.4. The van der Waals surface area contributed by atoms with E-state index in [1.807, 2.05) is 0 Å². The molecule has 0 N–H and O–H groups in total. The van der Waals surface area contributed by atoms with Crippen LogP contribution in [0, 0.1) is 17.1 Å². The molecule has 188 valence electrons. The fraction of sp³-hybridized carbons (Fsp3) is 0.333. The summed E-state index contributed by atoms with van der Waals surface area (Å²) in [7, 11) is 1.17. The third-order valence-corrected chi connectivity index (χ3v) is 6.42. The average molecular weight is 504 g/mol. The molecule has 0 radical (unpaired) electrons. The van der Waals surface area contributed by atoms with Crippen LogP contribution in [0.1, 0.15) is 23.1 Å². The van der Waals surface area contributed by atoms with Crippen molar-refractivity contribution in [2.75, 3.05) is 31.6 Å². The lowest BCUT2D eigenvalue weighted by Gasteiger charge is -2.47. The van der Waals surface area contributed by atoms with Crippen LogP contribution in [0.2, 0.25) is 0 Å². The van der Waals surface area contributed by atoms with Gasteiger partial charge < -0.3 is 14.5 Å². The monoisotopic (exact) mass is 504 g/mol. The lowest BCUT2D eigenvalue weighted by Crippen LogP contribution is -2.69. The van der Waals surface area contributed by atoms with E-state index in [0.29, 0.717) is 5.56 Å². The molecule has 0 unspecified atom stereocenters. The molecule has 0 aromatic heterocycles. The van der Waals surface area contributed by atoms with Gasteiger partial charge in [0.2, 0.25) is 5.91 Å². The van der Waals surface area contributed by atoms with E-state index in [1.54, 1.807) is 6.07 Å². The second-order valence-electron chi connectivity index (χ2n) is 8.52. The zero-order chi connectivity index (χ0) is 26.3. The first-order valence-electron chi connectivity index (χ1n) is 10.8. The molecule has 2 aromatic rings. The number of anilines is 1. The number of benzene rings is 2. The van der Waals surface area contributed by atoms with E-state index in [9.17, 15) is 31.9 Å². The Morgan fingerprint density at radius 1 is 1.17 bits per heavy atom. The predicted molar refractivity (Wildman–Crippen MR) is 117 cm³/mol. The summed E-state index contributed by atoms with van der Waals surface area (Å²) < 4.78 is 58.4. The summed E-state index contributed by atoms with van der Waals surface area (Å²) in [6, 6.07) is 9.47. The number of methoxy groups -OCH3 is 1. The van der Waals surface area contributed by atoms with Crippen LogP contribution < -0.4 is 4.90 Å². The number of piperazine rings is 1. The maximum absolute atomic E-state index is 14.8. The van der Waals surface area contributed by atoms with Crippen molar-refractivity contribution in [3.05, 3.63) is 65.0 Å². The third-order valence-electron chi connectivity index (χ3n) is 6.42. The van der Waals surface area contributed by atoms with Gasteiger partial charge in [0.05, 0.1) is 36.5 Å². The van der Waals surface area contributed by atoms with E-state index in [0.717, 1.165) is 23.1 Å². The standard InChI is InChI=1S/C24H20F4N4O4/c1-36-22(35)30-9-8-23(14-30)21(34)31(19-7-4-16(11-29)10-18(19)25)13-20(33)32(23)12-15-2-5-17(6-3-15)24(26,27)28/h2-7,10H,8-9,12-14H2,1H3/t23-/m0/s1. The summed E-state index contributed by atoms with van der Waals surface area (Å²) in [5.41, 5.74) is -2.27. The maximum atomic E-state index is 14.8. The molecule has 1 atom stereocenters. The van der Waals surface area contributed by atoms with Crippen molar-refractivity contribution in [1.29, 1.82) is 5.26 Å². The fourth-order valence-corrected chi connectivity index (χ4v) is 4.58. The topological polar surface area (TPSA) is 94.0 Å². The van der Waals surface area contributed by atoms with E-state index in [2.05, 4.69) is 0 Å². The summed E-state index contributed by atoms with van der Waals surface area (Å²) in [6.07, 6.45) is -5.24. The number of carbonyl (C=O) groups is 3. The highest BCUT2D eigenvalue weighted by Gasteiger charge is 2.57. The van der Waals surface area contributed by atoms with Gasteiger partial charge in [-0.15, -0.1) is 0 Å². The molecular weight excluding hydrogens is 484 g/mol.